The van der Waals surface area contributed by atoms with Crippen molar-refractivity contribution >= 4 is 58.3 Å². The fourth-order valence-corrected chi connectivity index (χ4v) is 11.1. The maximum atomic E-state index is 9.55. The molecule has 0 bridgehead atoms. The van der Waals surface area contributed by atoms with Crippen molar-refractivity contribution in [1.82, 2.24) is 4.57 Å². The predicted octanol–water partition coefficient (Wildman–Crippen LogP) is 5.07. The number of hydrogen-bond acceptors (Lipinski definition) is 2. The Bertz CT molecular complexity index is 1860. The first-order chi connectivity index (χ1) is 20.3. The van der Waals surface area contributed by atoms with Gasteiger partial charge in [-0.25, -0.2) is 0 Å². The first-order valence-corrected chi connectivity index (χ1v) is 15.7. The molecule has 0 spiro atoms. The van der Waals surface area contributed by atoms with Gasteiger partial charge in [-0.1, -0.05) is 133 Å². The third-order valence-corrected chi connectivity index (χ3v) is 12.8. The van der Waals surface area contributed by atoms with Crippen LogP contribution in [0.5, 0.6) is 5.75 Å². The van der Waals surface area contributed by atoms with Crippen molar-refractivity contribution in [2.24, 2.45) is 0 Å². The Kier molecular flexibility index (Phi) is 6.51. The summed E-state index contributed by atoms with van der Waals surface area (Å²) in [6, 6.07) is 56.2. The Balaban J connectivity index is 1.62. The van der Waals surface area contributed by atoms with E-state index in [4.69, 9.17) is 4.65 Å². The van der Waals surface area contributed by atoms with Gasteiger partial charge in [0, 0.05) is 10.8 Å². The van der Waals surface area contributed by atoms with Gasteiger partial charge in [0.25, 0.3) is 0 Å². The quantitative estimate of drug-likeness (QED) is 0.225. The highest BCUT2D eigenvalue weighted by Gasteiger charge is 2.41. The fraction of sp³-hybridized carbons (Fsp3) is 0. The minimum Gasteiger partial charge on any atom is -0.536 e. The summed E-state index contributed by atoms with van der Waals surface area (Å²) >= 11 is 0. The summed E-state index contributed by atoms with van der Waals surface area (Å²) in [5.74, 6) is 0.584. The van der Waals surface area contributed by atoms with Gasteiger partial charge in [0.2, 0.25) is 0 Å². The molecule has 0 unspecified atom stereocenters. The van der Waals surface area contributed by atoms with Gasteiger partial charge in [-0.15, -0.1) is 0 Å². The number of rotatable bonds is 7. The van der Waals surface area contributed by atoms with Crippen molar-refractivity contribution in [3.8, 4) is 11.4 Å². The van der Waals surface area contributed by atoms with E-state index in [2.05, 4.69) is 138 Å². The van der Waals surface area contributed by atoms with Crippen LogP contribution in [0.3, 0.4) is 0 Å². The Morgan fingerprint density at radius 3 is 1.61 bits per heavy atom. The molecule has 0 fully saturated rings. The van der Waals surface area contributed by atoms with Crippen molar-refractivity contribution < 1.29 is 9.68 Å². The molecule has 1 N–H and O–H groups in total. The van der Waals surface area contributed by atoms with Crippen molar-refractivity contribution in [2.75, 3.05) is 0 Å². The maximum Gasteiger partial charge on any atom is 0.569 e. The molecule has 41 heavy (non-hydrogen) atoms. The molecule has 0 saturated carbocycles. The van der Waals surface area contributed by atoms with E-state index in [-0.39, 0.29) is 0 Å². The largest absolute Gasteiger partial charge is 0.569 e. The molecule has 0 saturated heterocycles. The summed E-state index contributed by atoms with van der Waals surface area (Å²) in [5.41, 5.74) is 3.05. The monoisotopic (exact) mass is 544 g/mol. The second kappa shape index (κ2) is 10.6. The zero-order chi connectivity index (χ0) is 27.6. The van der Waals surface area contributed by atoms with Gasteiger partial charge in [0.15, 0.2) is 8.07 Å². The predicted molar refractivity (Wildman–Crippen MR) is 173 cm³/mol. The second-order valence-corrected chi connectivity index (χ2v) is 13.9. The number of aromatic nitrogens is 1. The molecular formula is C36H27BNO2Si. The SMILES string of the molecule is O[B]Oc1ccccc1-n1c2ccccc2c2ccc([Si](c3ccccc3)(c3ccccc3)c3ccccc3)cc21. The molecule has 6 aromatic carbocycles. The Morgan fingerprint density at radius 2 is 1.00 bits per heavy atom. The molecule has 7 aromatic rings. The lowest BCUT2D eigenvalue weighted by molar-refractivity contribution is 0.453. The topological polar surface area (TPSA) is 34.4 Å². The van der Waals surface area contributed by atoms with E-state index in [1.54, 1.807) is 0 Å². The van der Waals surface area contributed by atoms with E-state index in [1.807, 2.05) is 24.3 Å². The van der Waals surface area contributed by atoms with E-state index in [0.29, 0.717) is 5.75 Å². The molecule has 3 nitrogen and oxygen atoms in total. The summed E-state index contributed by atoms with van der Waals surface area (Å²) in [6.07, 6.45) is 0. The van der Waals surface area contributed by atoms with E-state index < -0.39 is 8.07 Å². The van der Waals surface area contributed by atoms with Crippen molar-refractivity contribution in [2.45, 2.75) is 0 Å². The highest BCUT2D eigenvalue weighted by molar-refractivity contribution is 7.20. The van der Waals surface area contributed by atoms with Gasteiger partial charge in [0.05, 0.1) is 16.7 Å². The lowest BCUT2D eigenvalue weighted by Crippen LogP contribution is -2.74. The van der Waals surface area contributed by atoms with Crippen LogP contribution in [-0.2, 0) is 0 Å². The van der Waals surface area contributed by atoms with Gasteiger partial charge >= 0.3 is 7.69 Å². The summed E-state index contributed by atoms with van der Waals surface area (Å²) in [7, 11) is -1.96. The molecule has 0 aliphatic carbocycles. The number of nitrogens with zero attached hydrogens (tertiary/aromatic N) is 1. The lowest BCUT2D eigenvalue weighted by atomic mass is 10.1. The summed E-state index contributed by atoms with van der Waals surface area (Å²) in [4.78, 5) is 0. The van der Waals surface area contributed by atoms with Crippen LogP contribution in [0.15, 0.2) is 158 Å². The van der Waals surface area contributed by atoms with Crippen LogP contribution < -0.4 is 25.4 Å². The van der Waals surface area contributed by atoms with Gasteiger partial charge < -0.3 is 14.2 Å². The second-order valence-electron chi connectivity index (χ2n) is 10.1. The molecule has 0 aliphatic heterocycles. The van der Waals surface area contributed by atoms with E-state index >= 15 is 0 Å². The fourth-order valence-electron chi connectivity index (χ4n) is 6.33. The number of fused-ring (bicyclic) bond motifs is 3. The zero-order valence-corrected chi connectivity index (χ0v) is 23.4. The average Bonchev–Trinajstić information content (AvgIpc) is 3.37. The first kappa shape index (κ1) is 25.2. The van der Waals surface area contributed by atoms with Crippen LogP contribution in [0.25, 0.3) is 27.5 Å². The smallest absolute Gasteiger partial charge is 0.536 e. The molecule has 7 rings (SSSR count). The average molecular weight is 545 g/mol. The Morgan fingerprint density at radius 1 is 0.488 bits per heavy atom. The van der Waals surface area contributed by atoms with Crippen LogP contribution in [-0.4, -0.2) is 25.4 Å². The molecule has 0 aliphatic rings. The third-order valence-electron chi connectivity index (χ3n) is 8.01. The minimum atomic E-state index is -2.71. The van der Waals surface area contributed by atoms with Crippen LogP contribution in [0.4, 0.5) is 0 Å². The molecule has 1 radical (unpaired) electrons. The van der Waals surface area contributed by atoms with Gasteiger partial charge in [-0.2, -0.15) is 0 Å². The van der Waals surface area contributed by atoms with E-state index in [0.717, 1.165) is 24.4 Å². The van der Waals surface area contributed by atoms with Crippen molar-refractivity contribution in [1.29, 1.82) is 0 Å². The third kappa shape index (κ3) is 4.10. The molecular weight excluding hydrogens is 517 g/mol. The number of benzene rings is 6. The molecule has 5 heteroatoms. The van der Waals surface area contributed by atoms with Crippen LogP contribution in [0.2, 0.25) is 0 Å². The highest BCUT2D eigenvalue weighted by atomic mass is 28.3. The first-order valence-electron chi connectivity index (χ1n) is 13.7. The van der Waals surface area contributed by atoms with Gasteiger partial charge in [-0.05, 0) is 45.0 Å². The summed E-state index contributed by atoms with van der Waals surface area (Å²) < 4.78 is 7.84. The van der Waals surface area contributed by atoms with Crippen LogP contribution in [0, 0.1) is 0 Å². The maximum absolute atomic E-state index is 9.55. The number of para-hydroxylation sites is 3. The molecule has 0 amide bonds. The summed E-state index contributed by atoms with van der Waals surface area (Å²) in [5, 5.41) is 17.2. The highest BCUT2D eigenvalue weighted by Crippen LogP contribution is 2.35. The van der Waals surface area contributed by atoms with Crippen LogP contribution >= 0.6 is 0 Å². The molecule has 195 valence electrons. The molecule has 1 heterocycles. The van der Waals surface area contributed by atoms with E-state index in [1.165, 1.54) is 31.5 Å². The van der Waals surface area contributed by atoms with Gasteiger partial charge in [0.1, 0.15) is 5.75 Å². The van der Waals surface area contributed by atoms with Crippen molar-refractivity contribution in [3.63, 3.8) is 0 Å². The zero-order valence-electron chi connectivity index (χ0n) is 22.4. The summed E-state index contributed by atoms with van der Waals surface area (Å²) in [6.45, 7) is 0. The lowest BCUT2D eigenvalue weighted by Gasteiger charge is -2.34. The van der Waals surface area contributed by atoms with E-state index in [9.17, 15) is 5.02 Å². The normalized spacial score (nSPS) is 11.5. The van der Waals surface area contributed by atoms with Crippen LogP contribution in [0.1, 0.15) is 0 Å². The molecule has 1 aromatic heterocycles. The Labute approximate surface area is 241 Å². The minimum absolute atomic E-state index is 0.584. The molecule has 0 atom stereocenters. The standard InChI is InChI=1S/C36H27BNO2Si/c39-37-40-36-23-13-12-22-34(36)38-33-21-11-10-20-31(33)32-25-24-30(26-35(32)38)41(27-14-4-1-5-15-27,28-16-6-2-7-17-28)29-18-8-3-9-19-29/h1-26,39H. The Hall–Kier alpha value is -4.84. The van der Waals surface area contributed by atoms with Gasteiger partial charge in [-0.3, -0.25) is 0 Å². The number of hydrogen-bond donors (Lipinski definition) is 1. The van der Waals surface area contributed by atoms with Crippen molar-refractivity contribution in [3.05, 3.63) is 158 Å².